The number of benzene rings is 1. The van der Waals surface area contributed by atoms with E-state index in [1.54, 1.807) is 18.2 Å². The summed E-state index contributed by atoms with van der Waals surface area (Å²) in [7, 11) is 0. The molecule has 1 aliphatic carbocycles. The number of fused-ring (bicyclic) bond motifs is 1. The number of nitrogens with one attached hydrogen (secondary N) is 1. The lowest BCUT2D eigenvalue weighted by Crippen LogP contribution is -2.26. The van der Waals surface area contributed by atoms with Crippen LogP contribution in [0, 0.1) is 0 Å². The van der Waals surface area contributed by atoms with E-state index < -0.39 is 18.4 Å². The molecule has 128 valence electrons. The number of carbonyl (C=O) groups is 2. The van der Waals surface area contributed by atoms with Gasteiger partial charge < -0.3 is 19.2 Å². The van der Waals surface area contributed by atoms with Gasteiger partial charge in [0, 0.05) is 6.92 Å². The van der Waals surface area contributed by atoms with Crippen LogP contribution in [0.3, 0.4) is 0 Å². The Balaban J connectivity index is 1.54. The quantitative estimate of drug-likeness (QED) is 0.680. The van der Waals surface area contributed by atoms with E-state index in [4.69, 9.17) is 14.2 Å². The summed E-state index contributed by atoms with van der Waals surface area (Å²) in [5.41, 5.74) is 1.55. The van der Waals surface area contributed by atoms with E-state index in [1.165, 1.54) is 19.7 Å². The summed E-state index contributed by atoms with van der Waals surface area (Å²) >= 11 is 0. The summed E-state index contributed by atoms with van der Waals surface area (Å²) in [5, 5.41) is 0. The molecule has 3 rings (SSSR count). The normalized spacial score (nSPS) is 16.5. The van der Waals surface area contributed by atoms with Gasteiger partial charge in [-0.1, -0.05) is 12.5 Å². The van der Waals surface area contributed by atoms with Crippen LogP contribution in [0.4, 0.5) is 4.79 Å². The van der Waals surface area contributed by atoms with Crippen molar-refractivity contribution >= 4 is 23.2 Å². The van der Waals surface area contributed by atoms with Crippen molar-refractivity contribution in [2.45, 2.75) is 51.4 Å². The monoisotopic (exact) mass is 332 g/mol. The van der Waals surface area contributed by atoms with E-state index in [0.29, 0.717) is 11.1 Å². The number of imidazole rings is 1. The Labute approximate surface area is 139 Å². The first kappa shape index (κ1) is 16.3. The average Bonchev–Trinajstić information content (AvgIpc) is 3.03. The van der Waals surface area contributed by atoms with Gasteiger partial charge in [-0.05, 0) is 37.8 Å². The lowest BCUT2D eigenvalue weighted by molar-refractivity contribution is -0.0914. The summed E-state index contributed by atoms with van der Waals surface area (Å²) in [5.74, 6) is -0.606. The molecular weight excluding hydrogens is 312 g/mol. The van der Waals surface area contributed by atoms with Gasteiger partial charge in [0.25, 0.3) is 0 Å². The highest BCUT2D eigenvalue weighted by atomic mass is 16.8. The molecule has 1 saturated carbocycles. The van der Waals surface area contributed by atoms with Crippen molar-refractivity contribution in [3.8, 4) is 0 Å². The van der Waals surface area contributed by atoms with Crippen LogP contribution in [-0.2, 0) is 14.2 Å². The molecule has 24 heavy (non-hydrogen) atoms. The van der Waals surface area contributed by atoms with Crippen molar-refractivity contribution in [3.63, 3.8) is 0 Å². The molecule has 0 radical (unpaired) electrons. The molecule has 1 heterocycles. The number of hydrogen-bond acceptors (Lipinski definition) is 6. The molecule has 1 aromatic heterocycles. The minimum atomic E-state index is -1.04. The number of ether oxygens (including phenoxy) is 3. The SMILES string of the molecule is CC(OC(=O)OC1CCCCC1)OC(=O)c1cccc2[nH]cnc12. The molecule has 1 aliphatic rings. The zero-order valence-electron chi connectivity index (χ0n) is 13.5. The average molecular weight is 332 g/mol. The fourth-order valence-corrected chi connectivity index (χ4v) is 2.85. The number of nitrogens with zero attached hydrogens (tertiary/aromatic N) is 1. The van der Waals surface area contributed by atoms with Gasteiger partial charge in [0.15, 0.2) is 0 Å². The Morgan fingerprint density at radius 2 is 2.00 bits per heavy atom. The van der Waals surface area contributed by atoms with Crippen LogP contribution in [0.15, 0.2) is 24.5 Å². The lowest BCUT2D eigenvalue weighted by atomic mass is 9.98. The minimum Gasteiger partial charge on any atom is -0.431 e. The minimum absolute atomic E-state index is 0.105. The molecule has 1 fully saturated rings. The van der Waals surface area contributed by atoms with Crippen molar-refractivity contribution in [2.75, 3.05) is 0 Å². The third kappa shape index (κ3) is 3.84. The zero-order valence-corrected chi connectivity index (χ0v) is 13.5. The molecule has 1 unspecified atom stereocenters. The highest BCUT2D eigenvalue weighted by Gasteiger charge is 2.22. The third-order valence-electron chi connectivity index (χ3n) is 4.02. The first-order chi connectivity index (χ1) is 11.6. The van der Waals surface area contributed by atoms with E-state index in [1.807, 2.05) is 0 Å². The second kappa shape index (κ2) is 7.33. The van der Waals surface area contributed by atoms with Crippen molar-refractivity contribution in [2.24, 2.45) is 0 Å². The number of esters is 1. The molecule has 1 atom stereocenters. The Bertz CT molecular complexity index is 721. The fourth-order valence-electron chi connectivity index (χ4n) is 2.85. The number of H-pyrrole nitrogens is 1. The predicted molar refractivity (Wildman–Crippen MR) is 85.4 cm³/mol. The second-order valence-electron chi connectivity index (χ2n) is 5.82. The van der Waals surface area contributed by atoms with Crippen molar-refractivity contribution in [3.05, 3.63) is 30.1 Å². The molecule has 0 amide bonds. The fraction of sp³-hybridized carbons (Fsp3) is 0.471. The summed E-state index contributed by atoms with van der Waals surface area (Å²) in [6.07, 6.45) is 4.53. The molecule has 1 N–H and O–H groups in total. The van der Waals surface area contributed by atoms with Gasteiger partial charge in [0.1, 0.15) is 11.6 Å². The number of aromatic amines is 1. The summed E-state index contributed by atoms with van der Waals surface area (Å²) in [6.45, 7) is 1.48. The van der Waals surface area contributed by atoms with Crippen LogP contribution >= 0.6 is 0 Å². The Kier molecular flexibility index (Phi) is 4.98. The molecule has 0 spiro atoms. The van der Waals surface area contributed by atoms with Gasteiger partial charge in [0.05, 0.1) is 17.4 Å². The van der Waals surface area contributed by atoms with Crippen molar-refractivity contribution < 1.29 is 23.8 Å². The molecule has 0 aliphatic heterocycles. The first-order valence-electron chi connectivity index (χ1n) is 8.14. The predicted octanol–water partition coefficient (Wildman–Crippen LogP) is 3.55. The highest BCUT2D eigenvalue weighted by Crippen LogP contribution is 2.21. The molecule has 1 aromatic carbocycles. The Hall–Kier alpha value is -2.57. The van der Waals surface area contributed by atoms with Gasteiger partial charge in [0.2, 0.25) is 6.29 Å². The van der Waals surface area contributed by atoms with Crippen molar-refractivity contribution in [1.29, 1.82) is 0 Å². The van der Waals surface area contributed by atoms with Crippen LogP contribution in [0.2, 0.25) is 0 Å². The van der Waals surface area contributed by atoms with E-state index in [2.05, 4.69) is 9.97 Å². The van der Waals surface area contributed by atoms with Gasteiger partial charge in [-0.3, -0.25) is 0 Å². The molecule has 7 heteroatoms. The van der Waals surface area contributed by atoms with Gasteiger partial charge in [-0.15, -0.1) is 0 Å². The second-order valence-corrected chi connectivity index (χ2v) is 5.82. The third-order valence-corrected chi connectivity index (χ3v) is 4.02. The summed E-state index contributed by atoms with van der Waals surface area (Å²) in [4.78, 5) is 31.0. The van der Waals surface area contributed by atoms with E-state index in [9.17, 15) is 9.59 Å². The number of rotatable bonds is 4. The Morgan fingerprint density at radius 1 is 1.21 bits per heavy atom. The van der Waals surface area contributed by atoms with Crippen LogP contribution in [0.1, 0.15) is 49.4 Å². The first-order valence-corrected chi connectivity index (χ1v) is 8.14. The van der Waals surface area contributed by atoms with Gasteiger partial charge in [-0.2, -0.15) is 0 Å². The van der Waals surface area contributed by atoms with Crippen LogP contribution in [0.25, 0.3) is 11.0 Å². The van der Waals surface area contributed by atoms with Crippen LogP contribution < -0.4 is 0 Å². The topological polar surface area (TPSA) is 90.5 Å². The smallest absolute Gasteiger partial charge is 0.431 e. The van der Waals surface area contributed by atoms with Gasteiger partial charge in [-0.25, -0.2) is 14.6 Å². The Morgan fingerprint density at radius 3 is 2.79 bits per heavy atom. The molecular formula is C17H20N2O5. The van der Waals surface area contributed by atoms with Crippen molar-refractivity contribution in [1.82, 2.24) is 9.97 Å². The molecule has 0 saturated heterocycles. The maximum absolute atomic E-state index is 12.2. The van der Waals surface area contributed by atoms with E-state index in [-0.39, 0.29) is 6.10 Å². The van der Waals surface area contributed by atoms with E-state index >= 15 is 0 Å². The molecule has 7 nitrogen and oxygen atoms in total. The molecule has 0 bridgehead atoms. The number of carbonyl (C=O) groups excluding carboxylic acids is 2. The van der Waals surface area contributed by atoms with E-state index in [0.717, 1.165) is 31.2 Å². The molecule has 2 aromatic rings. The maximum atomic E-state index is 12.2. The maximum Gasteiger partial charge on any atom is 0.511 e. The summed E-state index contributed by atoms with van der Waals surface area (Å²) in [6, 6.07) is 5.14. The lowest BCUT2D eigenvalue weighted by Gasteiger charge is -2.22. The van der Waals surface area contributed by atoms with Gasteiger partial charge >= 0.3 is 12.1 Å². The van der Waals surface area contributed by atoms with Crippen LogP contribution in [-0.4, -0.2) is 34.5 Å². The van der Waals surface area contributed by atoms with Crippen LogP contribution in [0.5, 0.6) is 0 Å². The summed E-state index contributed by atoms with van der Waals surface area (Å²) < 4.78 is 15.4. The number of para-hydroxylation sites is 1. The highest BCUT2D eigenvalue weighted by molar-refractivity contribution is 6.01. The number of hydrogen-bond donors (Lipinski definition) is 1. The zero-order chi connectivity index (χ0) is 16.9. The number of aromatic nitrogens is 2. The largest absolute Gasteiger partial charge is 0.511 e. The standard InChI is InChI=1S/C17H20N2O5/c1-11(23-17(21)24-12-6-3-2-4-7-12)22-16(20)13-8-5-9-14-15(13)19-10-18-14/h5,8-12H,2-4,6-7H2,1H3,(H,18,19).